The van der Waals surface area contributed by atoms with E-state index in [4.69, 9.17) is 11.6 Å². The molecule has 8 heteroatoms. The molecule has 0 spiro atoms. The predicted octanol–water partition coefficient (Wildman–Crippen LogP) is 1.66. The number of urea groups is 2. The highest BCUT2D eigenvalue weighted by molar-refractivity contribution is 6.31. The van der Waals surface area contributed by atoms with Gasteiger partial charge >= 0.3 is 12.1 Å². The molecule has 1 aromatic rings. The number of hydrogen-bond acceptors (Lipinski definition) is 3. The van der Waals surface area contributed by atoms with Crippen molar-refractivity contribution in [1.29, 1.82) is 0 Å². The summed E-state index contributed by atoms with van der Waals surface area (Å²) in [4.78, 5) is 38.0. The minimum Gasteiger partial charge on any atom is -0.335 e. The van der Waals surface area contributed by atoms with Gasteiger partial charge in [0, 0.05) is 18.1 Å². The van der Waals surface area contributed by atoms with Crippen LogP contribution in [0.2, 0.25) is 5.02 Å². The zero-order chi connectivity index (χ0) is 17.8. The van der Waals surface area contributed by atoms with Gasteiger partial charge in [0.2, 0.25) is 0 Å². The lowest BCUT2D eigenvalue weighted by Gasteiger charge is -2.27. The summed E-state index contributed by atoms with van der Waals surface area (Å²) < 4.78 is 0. The van der Waals surface area contributed by atoms with Crippen LogP contribution in [0, 0.1) is 12.8 Å². The molecule has 1 saturated carbocycles. The molecule has 2 heterocycles. The summed E-state index contributed by atoms with van der Waals surface area (Å²) in [5.41, 5.74) is 2.09. The molecule has 0 bridgehead atoms. The Kier molecular flexibility index (Phi) is 3.64. The molecule has 1 aromatic carbocycles. The first-order valence-electron chi connectivity index (χ1n) is 8.33. The normalized spacial score (nSPS) is 24.8. The molecule has 2 fully saturated rings. The summed E-state index contributed by atoms with van der Waals surface area (Å²) in [5.74, 6) is -0.274. The average molecular weight is 363 g/mol. The number of nitrogens with zero attached hydrogens (tertiary/aromatic N) is 1. The summed E-state index contributed by atoms with van der Waals surface area (Å²) in [6.07, 6.45) is 1.74. The van der Waals surface area contributed by atoms with Crippen molar-refractivity contribution in [2.75, 3.05) is 6.54 Å². The Hall–Kier alpha value is -2.28. The van der Waals surface area contributed by atoms with Gasteiger partial charge in [-0.05, 0) is 48.4 Å². The number of imide groups is 1. The number of fused-ring (bicyclic) bond motifs is 1. The third kappa shape index (κ3) is 2.72. The summed E-state index contributed by atoms with van der Waals surface area (Å²) in [5, 5.41) is 8.50. The first kappa shape index (κ1) is 16.2. The highest BCUT2D eigenvalue weighted by atomic mass is 35.5. The van der Waals surface area contributed by atoms with E-state index in [1.165, 1.54) is 0 Å². The monoisotopic (exact) mass is 362 g/mol. The quantitative estimate of drug-likeness (QED) is 0.714. The van der Waals surface area contributed by atoms with E-state index in [0.29, 0.717) is 18.1 Å². The molecular formula is C17H19ClN4O3. The van der Waals surface area contributed by atoms with E-state index in [0.717, 1.165) is 29.5 Å². The summed E-state index contributed by atoms with van der Waals surface area (Å²) in [7, 11) is 0. The zero-order valence-electron chi connectivity index (χ0n) is 13.8. The van der Waals surface area contributed by atoms with Crippen molar-refractivity contribution in [1.82, 2.24) is 20.9 Å². The molecule has 25 heavy (non-hydrogen) atoms. The Morgan fingerprint density at radius 1 is 1.32 bits per heavy atom. The fraction of sp³-hybridized carbons (Fsp3) is 0.471. The number of carbonyl (C=O) groups excluding carboxylic acids is 3. The summed E-state index contributed by atoms with van der Waals surface area (Å²) in [6, 6.07) is 3.15. The van der Waals surface area contributed by atoms with Crippen LogP contribution in [0.5, 0.6) is 0 Å². The molecule has 1 unspecified atom stereocenters. The third-order valence-electron chi connectivity index (χ3n) is 5.25. The van der Waals surface area contributed by atoms with Gasteiger partial charge in [-0.15, -0.1) is 0 Å². The van der Waals surface area contributed by atoms with Crippen LogP contribution in [0.4, 0.5) is 9.59 Å². The lowest BCUT2D eigenvalue weighted by Crippen LogP contribution is -2.58. The fourth-order valence-corrected chi connectivity index (χ4v) is 3.84. The van der Waals surface area contributed by atoms with Crippen molar-refractivity contribution >= 4 is 29.6 Å². The molecule has 3 aliphatic rings. The maximum absolute atomic E-state index is 12.6. The van der Waals surface area contributed by atoms with Crippen molar-refractivity contribution in [2.45, 2.75) is 38.4 Å². The Bertz CT molecular complexity index is 761. The molecule has 1 saturated heterocycles. The van der Waals surface area contributed by atoms with Gasteiger partial charge in [0.25, 0.3) is 5.91 Å². The molecule has 1 atom stereocenters. The van der Waals surface area contributed by atoms with Gasteiger partial charge < -0.3 is 15.5 Å². The van der Waals surface area contributed by atoms with Crippen molar-refractivity contribution in [3.05, 3.63) is 33.8 Å². The van der Waals surface area contributed by atoms with Crippen molar-refractivity contribution in [2.24, 2.45) is 5.92 Å². The Morgan fingerprint density at radius 2 is 2.00 bits per heavy atom. The smallest absolute Gasteiger partial charge is 0.322 e. The molecule has 4 rings (SSSR count). The number of rotatable bonds is 3. The van der Waals surface area contributed by atoms with Gasteiger partial charge in [0.1, 0.15) is 5.54 Å². The van der Waals surface area contributed by atoms with Gasteiger partial charge in [-0.3, -0.25) is 10.1 Å². The second kappa shape index (κ2) is 5.62. The zero-order valence-corrected chi connectivity index (χ0v) is 14.6. The van der Waals surface area contributed by atoms with Crippen LogP contribution < -0.4 is 16.0 Å². The topological polar surface area (TPSA) is 90.5 Å². The second-order valence-corrected chi connectivity index (χ2v) is 7.45. The van der Waals surface area contributed by atoms with Crippen LogP contribution in [-0.2, 0) is 17.9 Å². The van der Waals surface area contributed by atoms with E-state index in [1.54, 1.807) is 4.90 Å². The fourth-order valence-electron chi connectivity index (χ4n) is 3.65. The maximum atomic E-state index is 12.6. The number of nitrogens with one attached hydrogen (secondary N) is 3. The first-order valence-corrected chi connectivity index (χ1v) is 8.71. The highest BCUT2D eigenvalue weighted by Gasteiger charge is 2.56. The molecule has 1 aliphatic carbocycles. The van der Waals surface area contributed by atoms with Gasteiger partial charge in [-0.1, -0.05) is 17.7 Å². The van der Waals surface area contributed by atoms with E-state index >= 15 is 0 Å². The van der Waals surface area contributed by atoms with Gasteiger partial charge in [-0.2, -0.15) is 0 Å². The largest absolute Gasteiger partial charge is 0.335 e. The third-order valence-corrected chi connectivity index (χ3v) is 5.66. The molecule has 132 valence electrons. The molecule has 3 N–H and O–H groups in total. The summed E-state index contributed by atoms with van der Waals surface area (Å²) in [6.45, 7) is 3.02. The highest BCUT2D eigenvalue weighted by Crippen LogP contribution is 2.41. The Balaban J connectivity index is 1.43. The number of hydrogen-bond donors (Lipinski definition) is 3. The second-order valence-electron chi connectivity index (χ2n) is 7.04. The molecule has 0 aromatic heterocycles. The number of aryl methyl sites for hydroxylation is 1. The van der Waals surface area contributed by atoms with Crippen LogP contribution in [0.15, 0.2) is 12.1 Å². The number of halogens is 1. The number of amides is 5. The lowest BCUT2D eigenvalue weighted by atomic mass is 9.93. The molecule has 2 aliphatic heterocycles. The van der Waals surface area contributed by atoms with Crippen molar-refractivity contribution in [3.63, 3.8) is 0 Å². The van der Waals surface area contributed by atoms with E-state index in [2.05, 4.69) is 16.0 Å². The van der Waals surface area contributed by atoms with E-state index < -0.39 is 11.6 Å². The standard InChI is InChI=1S/C17H19ClN4O3/c1-9-4-10-6-22(7-11(10)5-13(9)18)16(25)19-8-17(12-2-3-12)14(23)20-15(24)21-17/h4-5,12H,2-3,6-8H2,1H3,(H,19,25)(H2,20,21,23,24). The van der Waals surface area contributed by atoms with E-state index in [9.17, 15) is 14.4 Å². The van der Waals surface area contributed by atoms with Crippen LogP contribution in [0.25, 0.3) is 0 Å². The lowest BCUT2D eigenvalue weighted by molar-refractivity contribution is -0.124. The van der Waals surface area contributed by atoms with Crippen molar-refractivity contribution in [3.8, 4) is 0 Å². The maximum Gasteiger partial charge on any atom is 0.322 e. The molecule has 0 radical (unpaired) electrons. The SMILES string of the molecule is Cc1cc2c(cc1Cl)CN(C(=O)NCC1(C3CC3)NC(=O)NC1=O)C2. The van der Waals surface area contributed by atoms with E-state index in [1.807, 2.05) is 19.1 Å². The molecule has 7 nitrogen and oxygen atoms in total. The van der Waals surface area contributed by atoms with Gasteiger partial charge in [0.05, 0.1) is 6.54 Å². The minimum atomic E-state index is -1.01. The predicted molar refractivity (Wildman–Crippen MR) is 91.0 cm³/mol. The Labute approximate surface area is 150 Å². The number of benzene rings is 1. The van der Waals surface area contributed by atoms with Gasteiger partial charge in [0.15, 0.2) is 0 Å². The number of carbonyl (C=O) groups is 3. The van der Waals surface area contributed by atoms with Gasteiger partial charge in [-0.25, -0.2) is 9.59 Å². The minimum absolute atomic E-state index is 0.0801. The van der Waals surface area contributed by atoms with E-state index in [-0.39, 0.29) is 24.4 Å². The summed E-state index contributed by atoms with van der Waals surface area (Å²) >= 11 is 6.15. The van der Waals surface area contributed by atoms with Crippen LogP contribution >= 0.6 is 11.6 Å². The Morgan fingerprint density at radius 3 is 2.60 bits per heavy atom. The first-order chi connectivity index (χ1) is 11.9. The van der Waals surface area contributed by atoms with Crippen LogP contribution in [-0.4, -0.2) is 35.0 Å². The van der Waals surface area contributed by atoms with Crippen LogP contribution in [0.3, 0.4) is 0 Å². The average Bonchev–Trinajstić information content (AvgIpc) is 3.27. The van der Waals surface area contributed by atoms with Crippen molar-refractivity contribution < 1.29 is 14.4 Å². The molecule has 5 amide bonds. The van der Waals surface area contributed by atoms with Crippen LogP contribution in [0.1, 0.15) is 29.5 Å². The molecular weight excluding hydrogens is 344 g/mol.